The molecule has 1 aliphatic heterocycles. The summed E-state index contributed by atoms with van der Waals surface area (Å²) < 4.78 is 12.0. The van der Waals surface area contributed by atoms with E-state index >= 15 is 0 Å². The summed E-state index contributed by atoms with van der Waals surface area (Å²) in [6, 6.07) is 3.67. The summed E-state index contributed by atoms with van der Waals surface area (Å²) in [5, 5.41) is 0. The van der Waals surface area contributed by atoms with Crippen LogP contribution in [0.15, 0.2) is 18.3 Å². The highest BCUT2D eigenvalue weighted by atomic mass is 16.7. The number of carbonyl (C=O) groups is 1. The molecule has 0 radical (unpaired) electrons. The van der Waals surface area contributed by atoms with Crippen LogP contribution in [0.4, 0.5) is 5.82 Å². The molecule has 0 bridgehead atoms. The van der Waals surface area contributed by atoms with Crippen molar-refractivity contribution in [3.63, 3.8) is 0 Å². The van der Waals surface area contributed by atoms with Crippen LogP contribution in [0.1, 0.15) is 34.6 Å². The van der Waals surface area contributed by atoms with E-state index in [1.807, 2.05) is 39.8 Å². The van der Waals surface area contributed by atoms with Crippen molar-refractivity contribution in [3.05, 3.63) is 18.3 Å². The molecule has 5 nitrogen and oxygen atoms in total. The number of hydrogen-bond acceptors (Lipinski definition) is 4. The van der Waals surface area contributed by atoms with Crippen molar-refractivity contribution in [2.24, 2.45) is 0 Å². The largest absolute Gasteiger partial charge is 0.495 e. The standard InChI is InChI=1S/C14H21BN2O3/c1-10(18)17(6)12-9-11(7-8-16-12)15-19-13(2,3)14(4,5)20-15/h7-9H,1-6H3. The molecule has 0 saturated carbocycles. The molecule has 1 fully saturated rings. The Labute approximate surface area is 120 Å². The lowest BCUT2D eigenvalue weighted by Gasteiger charge is -2.32. The van der Waals surface area contributed by atoms with Crippen molar-refractivity contribution in [2.75, 3.05) is 11.9 Å². The fourth-order valence-electron chi connectivity index (χ4n) is 1.90. The van der Waals surface area contributed by atoms with Crippen LogP contribution in [0.5, 0.6) is 0 Å². The molecule has 1 amide bonds. The maximum Gasteiger partial charge on any atom is 0.495 e. The Balaban J connectivity index is 2.28. The minimum atomic E-state index is -0.442. The van der Waals surface area contributed by atoms with Gasteiger partial charge < -0.3 is 14.2 Å². The average molecular weight is 276 g/mol. The molecular formula is C14H21BN2O3. The van der Waals surface area contributed by atoms with E-state index in [1.54, 1.807) is 13.2 Å². The first-order chi connectivity index (χ1) is 9.14. The molecule has 1 saturated heterocycles. The number of anilines is 1. The normalized spacial score (nSPS) is 20.0. The van der Waals surface area contributed by atoms with Crippen LogP contribution in [-0.4, -0.2) is 36.3 Å². The van der Waals surface area contributed by atoms with E-state index in [0.29, 0.717) is 5.82 Å². The summed E-state index contributed by atoms with van der Waals surface area (Å²) in [7, 11) is 1.25. The van der Waals surface area contributed by atoms with E-state index in [0.717, 1.165) is 5.46 Å². The lowest BCUT2D eigenvalue weighted by molar-refractivity contribution is -0.116. The van der Waals surface area contributed by atoms with Gasteiger partial charge in [-0.3, -0.25) is 4.79 Å². The summed E-state index contributed by atoms with van der Waals surface area (Å²) in [5.74, 6) is 0.522. The molecule has 1 aromatic rings. The Bertz CT molecular complexity index is 515. The van der Waals surface area contributed by atoms with E-state index in [2.05, 4.69) is 4.98 Å². The zero-order chi connectivity index (χ0) is 15.1. The average Bonchev–Trinajstić information content (AvgIpc) is 2.57. The highest BCUT2D eigenvalue weighted by Crippen LogP contribution is 2.36. The molecule has 1 aromatic heterocycles. The number of amides is 1. The minimum absolute atomic E-state index is 0.0661. The SMILES string of the molecule is CC(=O)N(C)c1cc(B2OC(C)(C)C(C)(C)O2)ccn1. The van der Waals surface area contributed by atoms with Gasteiger partial charge in [-0.2, -0.15) is 0 Å². The summed E-state index contributed by atoms with van der Waals surface area (Å²) in [6.45, 7) is 9.55. The maximum atomic E-state index is 11.4. The molecule has 20 heavy (non-hydrogen) atoms. The predicted octanol–water partition coefficient (Wildman–Crippen LogP) is 1.36. The molecule has 0 unspecified atom stereocenters. The smallest absolute Gasteiger partial charge is 0.399 e. The molecule has 0 N–H and O–H groups in total. The zero-order valence-electron chi connectivity index (χ0n) is 12.9. The van der Waals surface area contributed by atoms with Crippen LogP contribution in [-0.2, 0) is 14.1 Å². The number of nitrogens with zero attached hydrogens (tertiary/aromatic N) is 2. The molecule has 2 rings (SSSR count). The Hall–Kier alpha value is -1.40. The second-order valence-electron chi connectivity index (χ2n) is 6.11. The van der Waals surface area contributed by atoms with E-state index in [1.165, 1.54) is 11.8 Å². The van der Waals surface area contributed by atoms with Gasteiger partial charge in [-0.15, -0.1) is 0 Å². The van der Waals surface area contributed by atoms with Gasteiger partial charge in [0.2, 0.25) is 5.91 Å². The monoisotopic (exact) mass is 276 g/mol. The van der Waals surface area contributed by atoms with Gasteiger partial charge in [0.05, 0.1) is 11.2 Å². The Kier molecular flexibility index (Phi) is 3.65. The van der Waals surface area contributed by atoms with Crippen LogP contribution >= 0.6 is 0 Å². The Morgan fingerprint density at radius 1 is 1.25 bits per heavy atom. The van der Waals surface area contributed by atoms with E-state index < -0.39 is 7.12 Å². The van der Waals surface area contributed by atoms with Crippen LogP contribution in [0.25, 0.3) is 0 Å². The predicted molar refractivity (Wildman–Crippen MR) is 79.0 cm³/mol. The van der Waals surface area contributed by atoms with Crippen LogP contribution in [0, 0.1) is 0 Å². The molecular weight excluding hydrogens is 255 g/mol. The van der Waals surface area contributed by atoms with Gasteiger partial charge in [-0.05, 0) is 45.3 Å². The van der Waals surface area contributed by atoms with Gasteiger partial charge >= 0.3 is 7.12 Å². The fraction of sp³-hybridized carbons (Fsp3) is 0.571. The van der Waals surface area contributed by atoms with Gasteiger partial charge in [-0.1, -0.05) is 0 Å². The molecule has 0 aromatic carbocycles. The number of carbonyl (C=O) groups excluding carboxylic acids is 1. The minimum Gasteiger partial charge on any atom is -0.399 e. The topological polar surface area (TPSA) is 51.7 Å². The van der Waals surface area contributed by atoms with Crippen molar-refractivity contribution in [3.8, 4) is 0 Å². The summed E-state index contributed by atoms with van der Waals surface area (Å²) in [6.07, 6.45) is 1.66. The molecule has 2 heterocycles. The highest BCUT2D eigenvalue weighted by molar-refractivity contribution is 6.62. The summed E-state index contributed by atoms with van der Waals surface area (Å²) in [5.41, 5.74) is 0.1000. The quantitative estimate of drug-likeness (QED) is 0.765. The van der Waals surface area contributed by atoms with Gasteiger partial charge in [0, 0.05) is 20.2 Å². The van der Waals surface area contributed by atoms with Gasteiger partial charge in [0.15, 0.2) is 0 Å². The molecule has 1 aliphatic rings. The second-order valence-corrected chi connectivity index (χ2v) is 6.11. The number of hydrogen-bond donors (Lipinski definition) is 0. The van der Waals surface area contributed by atoms with Crippen molar-refractivity contribution in [2.45, 2.75) is 45.8 Å². The number of rotatable bonds is 2. The summed E-state index contributed by atoms with van der Waals surface area (Å²) >= 11 is 0. The lowest BCUT2D eigenvalue weighted by Crippen LogP contribution is -2.41. The van der Waals surface area contributed by atoms with E-state index in [4.69, 9.17) is 9.31 Å². The maximum absolute atomic E-state index is 11.4. The number of aromatic nitrogens is 1. The Morgan fingerprint density at radius 3 is 2.30 bits per heavy atom. The third-order valence-electron chi connectivity index (χ3n) is 4.11. The van der Waals surface area contributed by atoms with Gasteiger partial charge in [0.25, 0.3) is 0 Å². The Morgan fingerprint density at radius 2 is 1.80 bits per heavy atom. The lowest BCUT2D eigenvalue weighted by atomic mass is 9.79. The molecule has 0 atom stereocenters. The van der Waals surface area contributed by atoms with Crippen molar-refractivity contribution in [1.29, 1.82) is 0 Å². The van der Waals surface area contributed by atoms with Crippen LogP contribution in [0.3, 0.4) is 0 Å². The highest BCUT2D eigenvalue weighted by Gasteiger charge is 2.51. The molecule has 6 heteroatoms. The third kappa shape index (κ3) is 2.58. The fourth-order valence-corrected chi connectivity index (χ4v) is 1.90. The van der Waals surface area contributed by atoms with Crippen molar-refractivity contribution < 1.29 is 14.1 Å². The number of pyridine rings is 1. The van der Waals surface area contributed by atoms with Crippen molar-refractivity contribution in [1.82, 2.24) is 4.98 Å². The first-order valence-corrected chi connectivity index (χ1v) is 6.70. The first kappa shape index (κ1) is 15.0. The van der Waals surface area contributed by atoms with E-state index in [9.17, 15) is 4.79 Å². The van der Waals surface area contributed by atoms with Gasteiger partial charge in [0.1, 0.15) is 5.82 Å². The third-order valence-corrected chi connectivity index (χ3v) is 4.11. The van der Waals surface area contributed by atoms with Crippen LogP contribution in [0.2, 0.25) is 0 Å². The van der Waals surface area contributed by atoms with E-state index in [-0.39, 0.29) is 17.1 Å². The second kappa shape index (κ2) is 4.86. The van der Waals surface area contributed by atoms with Gasteiger partial charge in [-0.25, -0.2) is 4.98 Å². The van der Waals surface area contributed by atoms with Crippen LogP contribution < -0.4 is 10.4 Å². The molecule has 0 aliphatic carbocycles. The zero-order valence-corrected chi connectivity index (χ0v) is 12.9. The molecule has 108 valence electrons. The molecule has 0 spiro atoms. The first-order valence-electron chi connectivity index (χ1n) is 6.70. The van der Waals surface area contributed by atoms with Crippen molar-refractivity contribution >= 4 is 24.3 Å². The summed E-state index contributed by atoms with van der Waals surface area (Å²) in [4.78, 5) is 17.1.